The van der Waals surface area contributed by atoms with Crippen LogP contribution in [0.25, 0.3) is 10.9 Å². The molecule has 0 bridgehead atoms. The third-order valence-electron chi connectivity index (χ3n) is 5.44. The summed E-state index contributed by atoms with van der Waals surface area (Å²) in [7, 11) is 0. The lowest BCUT2D eigenvalue weighted by molar-refractivity contribution is -0.116. The number of hydrogen-bond acceptors (Lipinski definition) is 4. The van der Waals surface area contributed by atoms with Gasteiger partial charge in [0.05, 0.1) is 18.2 Å². The van der Waals surface area contributed by atoms with Crippen molar-refractivity contribution in [3.05, 3.63) is 58.2 Å². The number of H-pyrrole nitrogens is 1. The molecule has 0 radical (unpaired) electrons. The molecule has 7 nitrogen and oxygen atoms in total. The van der Waals surface area contributed by atoms with Crippen molar-refractivity contribution < 1.29 is 14.3 Å². The van der Waals surface area contributed by atoms with Gasteiger partial charge in [0.2, 0.25) is 5.91 Å². The molecule has 4 rings (SSSR count). The molecule has 168 valence electrons. The maximum absolute atomic E-state index is 13.0. The van der Waals surface area contributed by atoms with E-state index in [1.807, 2.05) is 31.2 Å². The van der Waals surface area contributed by atoms with Crippen LogP contribution in [0.2, 0.25) is 10.0 Å². The zero-order valence-corrected chi connectivity index (χ0v) is 19.2. The van der Waals surface area contributed by atoms with Crippen LogP contribution < -0.4 is 10.2 Å². The second-order valence-electron chi connectivity index (χ2n) is 7.52. The number of carbonyl (C=O) groups excluding carboxylic acids is 2. The summed E-state index contributed by atoms with van der Waals surface area (Å²) in [6.07, 6.45) is 0. The number of fused-ring (bicyclic) bond motifs is 1. The molecule has 1 saturated heterocycles. The molecule has 1 aliphatic heterocycles. The van der Waals surface area contributed by atoms with E-state index in [0.717, 1.165) is 18.8 Å². The van der Waals surface area contributed by atoms with E-state index >= 15 is 0 Å². The largest absolute Gasteiger partial charge is 0.378 e. The van der Waals surface area contributed by atoms with Gasteiger partial charge in [0, 0.05) is 46.9 Å². The van der Waals surface area contributed by atoms with Gasteiger partial charge in [0.1, 0.15) is 12.2 Å². The Morgan fingerprint density at radius 3 is 2.53 bits per heavy atom. The number of likely N-dealkylation sites (N-methyl/N-ethyl adjacent to an activating group) is 1. The van der Waals surface area contributed by atoms with Crippen LogP contribution in [0.4, 0.5) is 11.4 Å². The highest BCUT2D eigenvalue weighted by Gasteiger charge is 2.23. The highest BCUT2D eigenvalue weighted by molar-refractivity contribution is 6.39. The molecule has 2 heterocycles. The van der Waals surface area contributed by atoms with E-state index < -0.39 is 0 Å². The van der Waals surface area contributed by atoms with Crippen LogP contribution in [0.3, 0.4) is 0 Å². The normalized spacial score (nSPS) is 13.9. The Labute approximate surface area is 196 Å². The van der Waals surface area contributed by atoms with Gasteiger partial charge in [-0.15, -0.1) is 0 Å². The number of rotatable bonds is 6. The first-order chi connectivity index (χ1) is 15.5. The van der Waals surface area contributed by atoms with Crippen molar-refractivity contribution in [3.8, 4) is 0 Å². The molecular weight excluding hydrogens is 451 g/mol. The van der Waals surface area contributed by atoms with E-state index in [9.17, 15) is 9.59 Å². The number of aromatic nitrogens is 1. The van der Waals surface area contributed by atoms with E-state index in [1.165, 1.54) is 4.90 Å². The minimum absolute atomic E-state index is 0.0903. The lowest BCUT2D eigenvalue weighted by Gasteiger charge is -2.29. The highest BCUT2D eigenvalue weighted by atomic mass is 35.5. The zero-order valence-electron chi connectivity index (χ0n) is 17.7. The van der Waals surface area contributed by atoms with Crippen molar-refractivity contribution >= 4 is 57.3 Å². The van der Waals surface area contributed by atoms with Crippen LogP contribution in [0.15, 0.2) is 42.5 Å². The number of carbonyl (C=O) groups is 2. The summed E-state index contributed by atoms with van der Waals surface area (Å²) in [6, 6.07) is 12.9. The first-order valence-electron chi connectivity index (χ1n) is 10.4. The fourth-order valence-corrected chi connectivity index (χ4v) is 4.17. The fraction of sp³-hybridized carbons (Fsp3) is 0.304. The number of ether oxygens (including phenoxy) is 1. The predicted octanol–water partition coefficient (Wildman–Crippen LogP) is 4.41. The molecule has 1 aromatic heterocycles. The molecule has 1 fully saturated rings. The van der Waals surface area contributed by atoms with Gasteiger partial charge >= 0.3 is 0 Å². The molecule has 32 heavy (non-hydrogen) atoms. The van der Waals surface area contributed by atoms with Gasteiger partial charge in [0.15, 0.2) is 0 Å². The van der Waals surface area contributed by atoms with Crippen molar-refractivity contribution in [2.75, 3.05) is 49.6 Å². The van der Waals surface area contributed by atoms with Gasteiger partial charge in [-0.05, 0) is 49.4 Å². The van der Waals surface area contributed by atoms with Crippen LogP contribution in [0.1, 0.15) is 17.4 Å². The van der Waals surface area contributed by atoms with Crippen LogP contribution in [0.5, 0.6) is 0 Å². The Kier molecular flexibility index (Phi) is 6.89. The van der Waals surface area contributed by atoms with E-state index in [4.69, 9.17) is 27.9 Å². The lowest BCUT2D eigenvalue weighted by Crippen LogP contribution is -2.38. The molecule has 0 aliphatic carbocycles. The second kappa shape index (κ2) is 9.81. The first kappa shape index (κ1) is 22.5. The molecule has 0 unspecified atom stereocenters. The number of morpholine rings is 1. The number of amides is 2. The SMILES string of the molecule is CCN(CC(=O)Nc1ccc(N2CCOCC2)cc1)C(=O)c1[nH]c2ccc(Cl)cc2c1Cl. The summed E-state index contributed by atoms with van der Waals surface area (Å²) in [6.45, 7) is 5.21. The van der Waals surface area contributed by atoms with Crippen molar-refractivity contribution in [1.29, 1.82) is 0 Å². The van der Waals surface area contributed by atoms with Crippen LogP contribution in [-0.2, 0) is 9.53 Å². The third kappa shape index (κ3) is 4.85. The van der Waals surface area contributed by atoms with Crippen molar-refractivity contribution in [2.24, 2.45) is 0 Å². The van der Waals surface area contributed by atoms with E-state index in [0.29, 0.717) is 46.4 Å². The minimum Gasteiger partial charge on any atom is -0.378 e. The Morgan fingerprint density at radius 1 is 1.12 bits per heavy atom. The summed E-state index contributed by atoms with van der Waals surface area (Å²) in [5, 5.41) is 4.35. The number of halogens is 2. The summed E-state index contributed by atoms with van der Waals surface area (Å²) in [4.78, 5) is 32.4. The van der Waals surface area contributed by atoms with E-state index in [-0.39, 0.29) is 24.1 Å². The maximum Gasteiger partial charge on any atom is 0.272 e. The number of anilines is 2. The lowest BCUT2D eigenvalue weighted by atomic mass is 10.2. The Balaban J connectivity index is 1.41. The molecule has 3 aromatic rings. The van der Waals surface area contributed by atoms with Crippen molar-refractivity contribution in [2.45, 2.75) is 6.92 Å². The first-order valence-corrected chi connectivity index (χ1v) is 11.2. The predicted molar refractivity (Wildman–Crippen MR) is 128 cm³/mol. The van der Waals surface area contributed by atoms with Gasteiger partial charge in [-0.1, -0.05) is 23.2 Å². The molecule has 2 amide bonds. The Hall–Kier alpha value is -2.74. The molecule has 0 atom stereocenters. The highest BCUT2D eigenvalue weighted by Crippen LogP contribution is 2.30. The van der Waals surface area contributed by atoms with Gasteiger partial charge in [-0.3, -0.25) is 9.59 Å². The second-order valence-corrected chi connectivity index (χ2v) is 8.33. The van der Waals surface area contributed by atoms with Gasteiger partial charge in [-0.2, -0.15) is 0 Å². The molecule has 2 aromatic carbocycles. The smallest absolute Gasteiger partial charge is 0.272 e. The topological polar surface area (TPSA) is 77.7 Å². The summed E-state index contributed by atoms with van der Waals surface area (Å²) >= 11 is 12.5. The van der Waals surface area contributed by atoms with Crippen LogP contribution in [0, 0.1) is 0 Å². The van der Waals surface area contributed by atoms with Crippen LogP contribution in [-0.4, -0.2) is 61.1 Å². The van der Waals surface area contributed by atoms with Gasteiger partial charge < -0.3 is 24.8 Å². The summed E-state index contributed by atoms with van der Waals surface area (Å²) < 4.78 is 5.38. The van der Waals surface area contributed by atoms with Crippen molar-refractivity contribution in [3.63, 3.8) is 0 Å². The third-order valence-corrected chi connectivity index (χ3v) is 6.07. The number of nitrogens with zero attached hydrogens (tertiary/aromatic N) is 2. The number of aromatic amines is 1. The number of benzene rings is 2. The average molecular weight is 475 g/mol. The minimum atomic E-state index is -0.345. The Morgan fingerprint density at radius 2 is 1.84 bits per heavy atom. The maximum atomic E-state index is 13.0. The van der Waals surface area contributed by atoms with E-state index in [1.54, 1.807) is 18.2 Å². The van der Waals surface area contributed by atoms with Gasteiger partial charge in [0.25, 0.3) is 5.91 Å². The average Bonchev–Trinajstić information content (AvgIpc) is 3.14. The number of hydrogen-bond donors (Lipinski definition) is 2. The Bertz CT molecular complexity index is 1120. The molecule has 0 spiro atoms. The monoisotopic (exact) mass is 474 g/mol. The molecule has 1 aliphatic rings. The molecular formula is C23H24Cl2N4O3. The van der Waals surface area contributed by atoms with E-state index in [2.05, 4.69) is 15.2 Å². The quantitative estimate of drug-likeness (QED) is 0.554. The fourth-order valence-electron chi connectivity index (χ4n) is 3.71. The van der Waals surface area contributed by atoms with Crippen LogP contribution >= 0.6 is 23.2 Å². The van der Waals surface area contributed by atoms with Crippen molar-refractivity contribution in [1.82, 2.24) is 9.88 Å². The summed E-state index contributed by atoms with van der Waals surface area (Å²) in [5.74, 6) is -0.628. The molecule has 9 heteroatoms. The zero-order chi connectivity index (χ0) is 22.7. The molecule has 2 N–H and O–H groups in total. The standard InChI is InChI=1S/C23H24Cl2N4O3/c1-2-28(23(31)22-21(25)18-13-15(24)3-8-19(18)27-22)14-20(30)26-16-4-6-17(7-5-16)29-9-11-32-12-10-29/h3-8,13,27H,2,9-12,14H2,1H3,(H,26,30). The van der Waals surface area contributed by atoms with Gasteiger partial charge in [-0.25, -0.2) is 0 Å². The number of nitrogens with one attached hydrogen (secondary N) is 2. The summed E-state index contributed by atoms with van der Waals surface area (Å²) in [5.41, 5.74) is 2.72. The molecule has 0 saturated carbocycles.